The van der Waals surface area contributed by atoms with Crippen molar-refractivity contribution in [2.24, 2.45) is 5.92 Å². The molecule has 0 unspecified atom stereocenters. The van der Waals surface area contributed by atoms with Gasteiger partial charge >= 0.3 is 0 Å². The van der Waals surface area contributed by atoms with Crippen LogP contribution in [-0.4, -0.2) is 36.1 Å². The van der Waals surface area contributed by atoms with Crippen molar-refractivity contribution < 1.29 is 4.74 Å². The van der Waals surface area contributed by atoms with Gasteiger partial charge in [0.05, 0.1) is 19.3 Å². The van der Waals surface area contributed by atoms with Crippen LogP contribution in [0.15, 0.2) is 12.4 Å². The summed E-state index contributed by atoms with van der Waals surface area (Å²) in [7, 11) is 0. The zero-order valence-electron chi connectivity index (χ0n) is 11.3. The summed E-state index contributed by atoms with van der Waals surface area (Å²) in [6, 6.07) is 0. The predicted octanol–water partition coefficient (Wildman–Crippen LogP) is 1.84. The molecule has 0 aliphatic rings. The van der Waals surface area contributed by atoms with Crippen LogP contribution in [-0.2, 0) is 11.3 Å². The number of hydrogen-bond donors (Lipinski definition) is 1. The lowest BCUT2D eigenvalue weighted by atomic mass is 10.1. The first-order valence-corrected chi connectivity index (χ1v) is 6.46. The topological polar surface area (TPSA) is 39.1 Å². The zero-order valence-corrected chi connectivity index (χ0v) is 11.3. The molecule has 4 heteroatoms. The molecule has 0 amide bonds. The van der Waals surface area contributed by atoms with Crippen molar-refractivity contribution in [1.82, 2.24) is 15.1 Å². The van der Waals surface area contributed by atoms with Gasteiger partial charge in [-0.3, -0.25) is 4.68 Å². The second kappa shape index (κ2) is 8.25. The van der Waals surface area contributed by atoms with Gasteiger partial charge < -0.3 is 10.1 Å². The summed E-state index contributed by atoms with van der Waals surface area (Å²) in [6.07, 6.45) is 5.09. The SMILES string of the molecule is Cc1cnn(CCNCCOCCC(C)C)c1. The minimum Gasteiger partial charge on any atom is -0.380 e. The minimum atomic E-state index is 0.728. The first-order chi connectivity index (χ1) is 8.18. The highest BCUT2D eigenvalue weighted by atomic mass is 16.5. The molecule has 0 aliphatic heterocycles. The third-order valence-electron chi connectivity index (χ3n) is 2.54. The molecule has 0 saturated heterocycles. The zero-order chi connectivity index (χ0) is 12.5. The Hall–Kier alpha value is -0.870. The molecule has 0 aromatic carbocycles. The van der Waals surface area contributed by atoms with E-state index in [4.69, 9.17) is 4.74 Å². The smallest absolute Gasteiger partial charge is 0.0590 e. The summed E-state index contributed by atoms with van der Waals surface area (Å²) >= 11 is 0. The summed E-state index contributed by atoms with van der Waals surface area (Å²) in [4.78, 5) is 0. The molecular formula is C13H25N3O. The Balaban J connectivity index is 1.88. The van der Waals surface area contributed by atoms with Gasteiger partial charge in [-0.05, 0) is 24.8 Å². The molecule has 0 fully saturated rings. The Morgan fingerprint density at radius 2 is 2.18 bits per heavy atom. The van der Waals surface area contributed by atoms with E-state index in [1.165, 1.54) is 5.56 Å². The third-order valence-corrected chi connectivity index (χ3v) is 2.54. The predicted molar refractivity (Wildman–Crippen MR) is 70.1 cm³/mol. The molecule has 0 radical (unpaired) electrons. The third kappa shape index (κ3) is 7.13. The maximum atomic E-state index is 5.52. The lowest BCUT2D eigenvalue weighted by molar-refractivity contribution is 0.125. The van der Waals surface area contributed by atoms with E-state index in [1.54, 1.807) is 0 Å². The van der Waals surface area contributed by atoms with Gasteiger partial charge in [-0.25, -0.2) is 0 Å². The lowest BCUT2D eigenvalue weighted by Gasteiger charge is -2.07. The van der Waals surface area contributed by atoms with Crippen molar-refractivity contribution in [3.63, 3.8) is 0 Å². The van der Waals surface area contributed by atoms with Gasteiger partial charge in [-0.2, -0.15) is 5.10 Å². The van der Waals surface area contributed by atoms with Crippen molar-refractivity contribution >= 4 is 0 Å². The van der Waals surface area contributed by atoms with E-state index in [-0.39, 0.29) is 0 Å². The van der Waals surface area contributed by atoms with Gasteiger partial charge in [0.1, 0.15) is 0 Å². The Bertz CT molecular complexity index is 297. The summed E-state index contributed by atoms with van der Waals surface area (Å²) in [6.45, 7) is 10.9. The number of nitrogens with zero attached hydrogens (tertiary/aromatic N) is 2. The molecule has 1 N–H and O–H groups in total. The van der Waals surface area contributed by atoms with Crippen molar-refractivity contribution in [2.75, 3.05) is 26.3 Å². The summed E-state index contributed by atoms with van der Waals surface area (Å²) in [5, 5.41) is 7.57. The fourth-order valence-corrected chi connectivity index (χ4v) is 1.47. The van der Waals surface area contributed by atoms with Crippen LogP contribution in [0.3, 0.4) is 0 Å². The van der Waals surface area contributed by atoms with Gasteiger partial charge in [-0.1, -0.05) is 13.8 Å². The quantitative estimate of drug-likeness (QED) is 0.668. The molecule has 98 valence electrons. The van der Waals surface area contributed by atoms with E-state index in [9.17, 15) is 0 Å². The van der Waals surface area contributed by atoms with Gasteiger partial charge in [0.15, 0.2) is 0 Å². The molecule has 0 atom stereocenters. The minimum absolute atomic E-state index is 0.728. The molecule has 17 heavy (non-hydrogen) atoms. The second-order valence-electron chi connectivity index (χ2n) is 4.83. The molecule has 0 spiro atoms. The molecule has 0 saturated carbocycles. The molecule has 0 bridgehead atoms. The van der Waals surface area contributed by atoms with Crippen LogP contribution < -0.4 is 5.32 Å². The fourth-order valence-electron chi connectivity index (χ4n) is 1.47. The van der Waals surface area contributed by atoms with Crippen molar-refractivity contribution in [1.29, 1.82) is 0 Å². The van der Waals surface area contributed by atoms with E-state index in [0.29, 0.717) is 0 Å². The monoisotopic (exact) mass is 239 g/mol. The molecule has 0 aliphatic carbocycles. The molecule has 1 aromatic rings. The standard InChI is InChI=1S/C13H25N3O/c1-12(2)4-8-17-9-6-14-5-7-16-11-13(3)10-15-16/h10-12,14H,4-9H2,1-3H3. The highest BCUT2D eigenvalue weighted by molar-refractivity contribution is 4.99. The fraction of sp³-hybridized carbons (Fsp3) is 0.769. The van der Waals surface area contributed by atoms with E-state index in [1.807, 2.05) is 10.9 Å². The van der Waals surface area contributed by atoms with Gasteiger partial charge in [-0.15, -0.1) is 0 Å². The molecule has 1 aromatic heterocycles. The number of rotatable bonds is 9. The summed E-state index contributed by atoms with van der Waals surface area (Å²) in [5.74, 6) is 0.728. The number of ether oxygens (including phenoxy) is 1. The lowest BCUT2D eigenvalue weighted by Crippen LogP contribution is -2.24. The van der Waals surface area contributed by atoms with E-state index >= 15 is 0 Å². The molecule has 1 heterocycles. The average molecular weight is 239 g/mol. The van der Waals surface area contributed by atoms with Crippen LogP contribution in [0.25, 0.3) is 0 Å². The second-order valence-corrected chi connectivity index (χ2v) is 4.83. The van der Waals surface area contributed by atoms with Crippen LogP contribution >= 0.6 is 0 Å². The van der Waals surface area contributed by atoms with Crippen LogP contribution in [0.4, 0.5) is 0 Å². The number of nitrogens with one attached hydrogen (secondary N) is 1. The largest absolute Gasteiger partial charge is 0.380 e. The first kappa shape index (κ1) is 14.2. The highest BCUT2D eigenvalue weighted by Crippen LogP contribution is 1.98. The normalized spacial score (nSPS) is 11.3. The Morgan fingerprint density at radius 1 is 1.35 bits per heavy atom. The van der Waals surface area contributed by atoms with Crippen molar-refractivity contribution in [2.45, 2.75) is 33.7 Å². The van der Waals surface area contributed by atoms with Crippen molar-refractivity contribution in [3.05, 3.63) is 18.0 Å². The summed E-state index contributed by atoms with van der Waals surface area (Å²) in [5.41, 5.74) is 1.21. The Labute approximate surface area is 104 Å². The van der Waals surface area contributed by atoms with Crippen LogP contribution in [0.5, 0.6) is 0 Å². The Kier molecular flexibility index (Phi) is 6.89. The van der Waals surface area contributed by atoms with Gasteiger partial charge in [0.2, 0.25) is 0 Å². The van der Waals surface area contributed by atoms with Crippen LogP contribution in [0, 0.1) is 12.8 Å². The first-order valence-electron chi connectivity index (χ1n) is 6.46. The maximum absolute atomic E-state index is 5.52. The number of hydrogen-bond acceptors (Lipinski definition) is 3. The van der Waals surface area contributed by atoms with Crippen LogP contribution in [0.1, 0.15) is 25.8 Å². The average Bonchev–Trinajstić information content (AvgIpc) is 2.68. The maximum Gasteiger partial charge on any atom is 0.0590 e. The Morgan fingerprint density at radius 3 is 2.82 bits per heavy atom. The van der Waals surface area contributed by atoms with Crippen molar-refractivity contribution in [3.8, 4) is 0 Å². The van der Waals surface area contributed by atoms with Gasteiger partial charge in [0.25, 0.3) is 0 Å². The molecule has 1 rings (SSSR count). The molecular weight excluding hydrogens is 214 g/mol. The van der Waals surface area contributed by atoms with E-state index < -0.39 is 0 Å². The summed E-state index contributed by atoms with van der Waals surface area (Å²) < 4.78 is 7.48. The van der Waals surface area contributed by atoms with E-state index in [0.717, 1.165) is 45.2 Å². The van der Waals surface area contributed by atoms with Gasteiger partial charge in [0, 0.05) is 25.9 Å². The van der Waals surface area contributed by atoms with Crippen LogP contribution in [0.2, 0.25) is 0 Å². The molecule has 4 nitrogen and oxygen atoms in total. The number of aromatic nitrogens is 2. The highest BCUT2D eigenvalue weighted by Gasteiger charge is 1.95. The van der Waals surface area contributed by atoms with E-state index in [2.05, 4.69) is 37.4 Å². The number of aryl methyl sites for hydroxylation is 1.